The average Bonchev–Trinajstić information content (AvgIpc) is 3.50. The molecule has 0 saturated carbocycles. The highest BCUT2D eigenvalue weighted by atomic mass is 16.2. The highest BCUT2D eigenvalue weighted by Gasteiger charge is 2.74. The van der Waals surface area contributed by atoms with Gasteiger partial charge in [-0.05, 0) is 35.4 Å². The van der Waals surface area contributed by atoms with Gasteiger partial charge in [-0.3, -0.25) is 24.2 Å². The van der Waals surface area contributed by atoms with E-state index < -0.39 is 35.2 Å². The summed E-state index contributed by atoms with van der Waals surface area (Å²) in [7, 11) is 0. The maximum Gasteiger partial charge on any atom is 0.250 e. The lowest BCUT2D eigenvalue weighted by Gasteiger charge is -2.48. The van der Waals surface area contributed by atoms with E-state index in [0.29, 0.717) is 11.4 Å². The van der Waals surface area contributed by atoms with E-state index in [4.69, 9.17) is 0 Å². The number of para-hydroxylation sites is 1. The lowest BCUT2D eigenvalue weighted by Crippen LogP contribution is -2.70. The lowest BCUT2D eigenvalue weighted by atomic mass is 9.74. The predicted octanol–water partition coefficient (Wildman–Crippen LogP) is 4.14. The van der Waals surface area contributed by atoms with E-state index in [1.807, 2.05) is 84.9 Å². The third kappa shape index (κ3) is 4.41. The van der Waals surface area contributed by atoms with Gasteiger partial charge in [0.1, 0.15) is 12.1 Å². The first-order chi connectivity index (χ1) is 21.5. The molecular formula is C36H30N4O4. The van der Waals surface area contributed by atoms with Crippen molar-refractivity contribution >= 4 is 35.4 Å². The van der Waals surface area contributed by atoms with Crippen LogP contribution in [0, 0.1) is 11.8 Å². The van der Waals surface area contributed by atoms with Crippen molar-refractivity contribution in [1.82, 2.24) is 14.8 Å². The number of carbonyl (C=O) groups excluding carboxylic acids is 4. The number of imide groups is 1. The maximum absolute atomic E-state index is 14.9. The molecule has 0 aliphatic carbocycles. The van der Waals surface area contributed by atoms with Crippen molar-refractivity contribution in [3.8, 4) is 0 Å². The van der Waals surface area contributed by atoms with Crippen LogP contribution in [0.1, 0.15) is 16.8 Å². The summed E-state index contributed by atoms with van der Waals surface area (Å²) in [5, 5.41) is 0. The van der Waals surface area contributed by atoms with Crippen molar-refractivity contribution < 1.29 is 19.2 Å². The van der Waals surface area contributed by atoms with Crippen LogP contribution in [-0.4, -0.2) is 56.5 Å². The largest absolute Gasteiger partial charge is 0.325 e. The van der Waals surface area contributed by atoms with Gasteiger partial charge >= 0.3 is 0 Å². The number of piperazine rings is 1. The molecule has 0 N–H and O–H groups in total. The SMILES string of the molecule is O=C1[C@H]2[C@@H](/C=C/c3ccccc3)N3C(=O)CN(Cc4ccccn4)C(=O)[C@@]3(Cc3ccccc3)[C@H]2C(=O)N1c1ccccc1. The lowest BCUT2D eigenvalue weighted by molar-refractivity contribution is -0.167. The zero-order valence-electron chi connectivity index (χ0n) is 23.9. The van der Waals surface area contributed by atoms with E-state index >= 15 is 0 Å². The summed E-state index contributed by atoms with van der Waals surface area (Å²) in [6.45, 7) is -0.0614. The highest BCUT2D eigenvalue weighted by Crippen LogP contribution is 2.53. The van der Waals surface area contributed by atoms with Crippen LogP contribution in [0.4, 0.5) is 5.69 Å². The monoisotopic (exact) mass is 582 g/mol. The van der Waals surface area contributed by atoms with Crippen molar-refractivity contribution in [3.05, 3.63) is 138 Å². The molecule has 44 heavy (non-hydrogen) atoms. The molecule has 4 heterocycles. The smallest absolute Gasteiger partial charge is 0.250 e. The molecule has 3 fully saturated rings. The van der Waals surface area contributed by atoms with E-state index in [0.717, 1.165) is 11.1 Å². The van der Waals surface area contributed by atoms with Crippen LogP contribution in [0.25, 0.3) is 6.08 Å². The molecule has 218 valence electrons. The summed E-state index contributed by atoms with van der Waals surface area (Å²) in [6.07, 6.45) is 5.42. The minimum absolute atomic E-state index is 0.0929. The molecule has 7 rings (SSSR count). The molecule has 3 aliphatic heterocycles. The van der Waals surface area contributed by atoms with E-state index in [9.17, 15) is 19.2 Å². The van der Waals surface area contributed by atoms with Gasteiger partial charge < -0.3 is 9.80 Å². The van der Waals surface area contributed by atoms with Crippen LogP contribution >= 0.6 is 0 Å². The third-order valence-electron chi connectivity index (χ3n) is 8.91. The van der Waals surface area contributed by atoms with Crippen LogP contribution in [0.15, 0.2) is 121 Å². The molecule has 1 aromatic heterocycles. The summed E-state index contributed by atoms with van der Waals surface area (Å²) in [4.78, 5) is 66.8. The highest BCUT2D eigenvalue weighted by molar-refractivity contribution is 6.25. The standard InChI is InChI=1S/C36H30N4O4/c41-30-24-38(23-27-16-10-11-21-37-27)35(44)36(22-26-14-6-2-7-15-26)32-31(29(40(30)36)20-19-25-12-4-1-5-13-25)33(42)39(34(32)43)28-17-8-3-9-18-28/h1-21,29,31-32H,22-24H2/b20-19+/t29-,31+,32-,36-/m1/s1. The number of anilines is 1. The molecule has 8 heteroatoms. The van der Waals surface area contributed by atoms with E-state index in [2.05, 4.69) is 4.98 Å². The Morgan fingerprint density at radius 2 is 1.43 bits per heavy atom. The number of benzene rings is 3. The van der Waals surface area contributed by atoms with Crippen molar-refractivity contribution in [2.75, 3.05) is 11.4 Å². The molecular weight excluding hydrogens is 552 g/mol. The van der Waals surface area contributed by atoms with E-state index in [1.165, 1.54) is 9.80 Å². The summed E-state index contributed by atoms with van der Waals surface area (Å²) in [6, 6.07) is 32.4. The minimum Gasteiger partial charge on any atom is -0.325 e. The summed E-state index contributed by atoms with van der Waals surface area (Å²) in [5.41, 5.74) is 1.14. The van der Waals surface area contributed by atoms with E-state index in [1.54, 1.807) is 47.5 Å². The quantitative estimate of drug-likeness (QED) is 0.306. The van der Waals surface area contributed by atoms with E-state index in [-0.39, 0.29) is 31.3 Å². The van der Waals surface area contributed by atoms with Gasteiger partial charge in [-0.15, -0.1) is 0 Å². The fourth-order valence-electron chi connectivity index (χ4n) is 7.13. The van der Waals surface area contributed by atoms with Crippen molar-refractivity contribution in [2.24, 2.45) is 11.8 Å². The number of pyridine rings is 1. The average molecular weight is 583 g/mol. The zero-order valence-corrected chi connectivity index (χ0v) is 23.9. The number of nitrogens with zero attached hydrogens (tertiary/aromatic N) is 4. The van der Waals surface area contributed by atoms with Gasteiger partial charge in [-0.1, -0.05) is 97.1 Å². The normalized spacial score (nSPS) is 24.7. The molecule has 3 aromatic carbocycles. The molecule has 0 unspecified atom stereocenters. The van der Waals surface area contributed by atoms with Gasteiger partial charge in [0.25, 0.3) is 5.91 Å². The molecule has 3 aliphatic rings. The Morgan fingerprint density at radius 3 is 2.11 bits per heavy atom. The van der Waals surface area contributed by atoms with Gasteiger partial charge in [0.05, 0.1) is 35.8 Å². The van der Waals surface area contributed by atoms with Gasteiger partial charge in [0, 0.05) is 12.6 Å². The number of rotatable bonds is 7. The van der Waals surface area contributed by atoms with Crippen LogP contribution in [0.3, 0.4) is 0 Å². The number of fused-ring (bicyclic) bond motifs is 3. The molecule has 4 atom stereocenters. The molecule has 4 aromatic rings. The van der Waals surface area contributed by atoms with Crippen molar-refractivity contribution in [2.45, 2.75) is 24.5 Å². The van der Waals surface area contributed by atoms with Crippen LogP contribution in [0.5, 0.6) is 0 Å². The molecule has 0 bridgehead atoms. The number of hydrogen-bond donors (Lipinski definition) is 0. The van der Waals surface area contributed by atoms with Crippen LogP contribution in [-0.2, 0) is 32.1 Å². The molecule has 4 amide bonds. The van der Waals surface area contributed by atoms with Crippen LogP contribution < -0.4 is 4.90 Å². The third-order valence-corrected chi connectivity index (χ3v) is 8.91. The van der Waals surface area contributed by atoms with Crippen molar-refractivity contribution in [1.29, 1.82) is 0 Å². The number of aromatic nitrogens is 1. The Morgan fingerprint density at radius 1 is 0.773 bits per heavy atom. The summed E-state index contributed by atoms with van der Waals surface area (Å²) >= 11 is 0. The Bertz CT molecular complexity index is 1750. The Hall–Kier alpha value is -5.37. The van der Waals surface area contributed by atoms with Crippen molar-refractivity contribution in [3.63, 3.8) is 0 Å². The topological polar surface area (TPSA) is 90.9 Å². The van der Waals surface area contributed by atoms with Gasteiger partial charge in [0.15, 0.2) is 0 Å². The van der Waals surface area contributed by atoms with Gasteiger partial charge in [-0.25, -0.2) is 4.90 Å². The Balaban J connectivity index is 1.41. The second-order valence-electron chi connectivity index (χ2n) is 11.4. The summed E-state index contributed by atoms with van der Waals surface area (Å²) in [5.74, 6) is -3.55. The molecule has 3 saturated heterocycles. The molecule has 8 nitrogen and oxygen atoms in total. The maximum atomic E-state index is 14.9. The van der Waals surface area contributed by atoms with Gasteiger partial charge in [-0.2, -0.15) is 0 Å². The minimum atomic E-state index is -1.61. The zero-order chi connectivity index (χ0) is 30.3. The number of amides is 4. The Labute approximate surface area is 255 Å². The first-order valence-corrected chi connectivity index (χ1v) is 14.7. The van der Waals surface area contributed by atoms with Crippen LogP contribution in [0.2, 0.25) is 0 Å². The second kappa shape index (κ2) is 11.0. The number of carbonyl (C=O) groups is 4. The Kier molecular flexibility index (Phi) is 6.89. The summed E-state index contributed by atoms with van der Waals surface area (Å²) < 4.78 is 0. The first-order valence-electron chi connectivity index (χ1n) is 14.7. The fraction of sp³-hybridized carbons (Fsp3) is 0.194. The first kappa shape index (κ1) is 27.5. The number of hydrogen-bond acceptors (Lipinski definition) is 5. The second-order valence-corrected chi connectivity index (χ2v) is 11.4. The van der Waals surface area contributed by atoms with Gasteiger partial charge in [0.2, 0.25) is 17.7 Å². The molecule has 0 spiro atoms. The fourth-order valence-corrected chi connectivity index (χ4v) is 7.13. The molecule has 0 radical (unpaired) electrons. The predicted molar refractivity (Wildman–Crippen MR) is 165 cm³/mol.